The highest BCUT2D eigenvalue weighted by atomic mass is 19.3. The Morgan fingerprint density at radius 2 is 2.00 bits per heavy atom. The van der Waals surface area contributed by atoms with E-state index < -0.39 is 17.5 Å². The van der Waals surface area contributed by atoms with E-state index in [0.717, 1.165) is 0 Å². The molecule has 28 heavy (non-hydrogen) atoms. The number of methoxy groups -OCH3 is 1. The maximum Gasteiger partial charge on any atom is 0.387 e. The summed E-state index contributed by atoms with van der Waals surface area (Å²) < 4.78 is 39.4. The summed E-state index contributed by atoms with van der Waals surface area (Å²) in [6.45, 7) is -3.05. The molecule has 0 saturated carbocycles. The molecule has 0 fully saturated rings. The van der Waals surface area contributed by atoms with Gasteiger partial charge in [0.05, 0.1) is 12.0 Å². The molecule has 0 N–H and O–H groups in total. The second-order valence-corrected chi connectivity index (χ2v) is 5.43. The third kappa shape index (κ3) is 4.11. The average molecular weight is 390 g/mol. The molecule has 0 aromatic heterocycles. The summed E-state index contributed by atoms with van der Waals surface area (Å²) in [5, 5.41) is 10.9. The van der Waals surface area contributed by atoms with Gasteiger partial charge in [0.25, 0.3) is 5.69 Å². The molecule has 0 atom stereocenters. The van der Waals surface area contributed by atoms with Crippen molar-refractivity contribution in [2.75, 3.05) is 7.11 Å². The van der Waals surface area contributed by atoms with Gasteiger partial charge in [-0.15, -0.1) is 0 Å². The van der Waals surface area contributed by atoms with Crippen LogP contribution in [0.4, 0.5) is 14.5 Å². The topological polar surface area (TPSA) is 100 Å². The van der Waals surface area contributed by atoms with Crippen LogP contribution in [0.3, 0.4) is 0 Å². The minimum absolute atomic E-state index is 0.0947. The van der Waals surface area contributed by atoms with E-state index in [4.69, 9.17) is 9.47 Å². The van der Waals surface area contributed by atoms with Crippen molar-refractivity contribution in [2.45, 2.75) is 6.61 Å². The van der Waals surface area contributed by atoms with Gasteiger partial charge in [0.2, 0.25) is 5.90 Å². The lowest BCUT2D eigenvalue weighted by Crippen LogP contribution is -2.05. The predicted molar refractivity (Wildman–Crippen MR) is 93.3 cm³/mol. The van der Waals surface area contributed by atoms with Crippen molar-refractivity contribution >= 4 is 23.6 Å². The molecular formula is C18H12F2N2O6. The number of rotatable bonds is 6. The van der Waals surface area contributed by atoms with Gasteiger partial charge >= 0.3 is 12.6 Å². The highest BCUT2D eigenvalue weighted by molar-refractivity contribution is 6.13. The van der Waals surface area contributed by atoms with Crippen LogP contribution in [0.1, 0.15) is 11.1 Å². The fourth-order valence-electron chi connectivity index (χ4n) is 2.41. The first kappa shape index (κ1) is 19.0. The number of ether oxygens (including phenoxy) is 3. The van der Waals surface area contributed by atoms with E-state index in [1.807, 2.05) is 0 Å². The second kappa shape index (κ2) is 7.82. The van der Waals surface area contributed by atoms with Crippen LogP contribution < -0.4 is 9.47 Å². The number of nitro benzene ring substituents is 1. The maximum absolute atomic E-state index is 12.5. The van der Waals surface area contributed by atoms with E-state index >= 15 is 0 Å². The summed E-state index contributed by atoms with van der Waals surface area (Å²) >= 11 is 0. The largest absolute Gasteiger partial charge is 0.493 e. The Balaban J connectivity index is 1.93. The molecule has 0 bridgehead atoms. The standard InChI is InChI=1S/C18H12F2N2O6/c1-26-14-6-5-10(8-15(14)27-18(19)20)7-13-17(23)28-16(21-13)11-3-2-4-12(9-11)22(24)25/h2-9,18H,1H3/b13-7-. The fourth-order valence-corrected chi connectivity index (χ4v) is 2.41. The molecule has 3 rings (SSSR count). The highest BCUT2D eigenvalue weighted by Gasteiger charge is 2.25. The SMILES string of the molecule is COc1ccc(/C=C2\N=C(c3cccc([N+](=O)[O-])c3)OC2=O)cc1OC(F)F. The number of hydrogen-bond donors (Lipinski definition) is 0. The van der Waals surface area contributed by atoms with Gasteiger partial charge in [-0.25, -0.2) is 9.79 Å². The summed E-state index contributed by atoms with van der Waals surface area (Å²) in [5.41, 5.74) is 0.308. The van der Waals surface area contributed by atoms with Gasteiger partial charge < -0.3 is 14.2 Å². The minimum Gasteiger partial charge on any atom is -0.493 e. The van der Waals surface area contributed by atoms with Gasteiger partial charge in [-0.2, -0.15) is 8.78 Å². The molecular weight excluding hydrogens is 378 g/mol. The van der Waals surface area contributed by atoms with Crippen molar-refractivity contribution in [3.05, 3.63) is 69.4 Å². The van der Waals surface area contributed by atoms with Crippen molar-refractivity contribution in [2.24, 2.45) is 4.99 Å². The van der Waals surface area contributed by atoms with Crippen LogP contribution in [-0.4, -0.2) is 30.5 Å². The molecule has 0 spiro atoms. The number of aliphatic imine (C=N–C) groups is 1. The molecule has 8 nitrogen and oxygen atoms in total. The number of carbonyl (C=O) groups excluding carboxylic acids is 1. The Kier molecular flexibility index (Phi) is 5.30. The van der Waals surface area contributed by atoms with Crippen molar-refractivity contribution in [1.82, 2.24) is 0 Å². The normalized spacial score (nSPS) is 14.8. The lowest BCUT2D eigenvalue weighted by Gasteiger charge is -2.10. The molecule has 1 aliphatic rings. The molecule has 1 aliphatic heterocycles. The molecule has 2 aromatic rings. The van der Waals surface area contributed by atoms with Gasteiger partial charge in [0.15, 0.2) is 17.2 Å². The number of nitro groups is 1. The second-order valence-electron chi connectivity index (χ2n) is 5.43. The number of carbonyl (C=O) groups is 1. The number of cyclic esters (lactones) is 1. The first-order chi connectivity index (χ1) is 13.4. The Bertz CT molecular complexity index is 1000. The summed E-state index contributed by atoms with van der Waals surface area (Å²) in [6.07, 6.45) is 1.31. The molecule has 0 amide bonds. The van der Waals surface area contributed by atoms with Crippen LogP contribution in [0, 0.1) is 10.1 Å². The maximum atomic E-state index is 12.5. The molecule has 0 radical (unpaired) electrons. The zero-order valence-electron chi connectivity index (χ0n) is 14.3. The van der Waals surface area contributed by atoms with Gasteiger partial charge in [-0.3, -0.25) is 10.1 Å². The van der Waals surface area contributed by atoms with Crippen molar-refractivity contribution in [1.29, 1.82) is 0 Å². The number of halogens is 2. The minimum atomic E-state index is -3.05. The smallest absolute Gasteiger partial charge is 0.387 e. The van der Waals surface area contributed by atoms with Crippen molar-refractivity contribution in [3.8, 4) is 11.5 Å². The number of hydrogen-bond acceptors (Lipinski definition) is 7. The molecule has 144 valence electrons. The number of non-ortho nitro benzene ring substituents is 1. The van der Waals surface area contributed by atoms with E-state index in [1.165, 1.54) is 55.7 Å². The molecule has 0 unspecified atom stereocenters. The van der Waals surface area contributed by atoms with E-state index in [0.29, 0.717) is 5.56 Å². The Hall–Kier alpha value is -3.82. The molecule has 10 heteroatoms. The van der Waals surface area contributed by atoms with Crippen LogP contribution in [0.15, 0.2) is 53.2 Å². The zero-order valence-corrected chi connectivity index (χ0v) is 14.3. The fraction of sp³-hybridized carbons (Fsp3) is 0.111. The first-order valence-electron chi connectivity index (χ1n) is 7.77. The summed E-state index contributed by atoms with van der Waals surface area (Å²) in [5.74, 6) is -0.996. The first-order valence-corrected chi connectivity index (χ1v) is 7.77. The van der Waals surface area contributed by atoms with Gasteiger partial charge in [-0.1, -0.05) is 12.1 Å². The zero-order chi connectivity index (χ0) is 20.3. The number of nitrogens with zero attached hydrogens (tertiary/aromatic N) is 2. The van der Waals surface area contributed by atoms with Gasteiger partial charge in [0, 0.05) is 17.7 Å². The van der Waals surface area contributed by atoms with E-state index in [9.17, 15) is 23.7 Å². The third-order valence-corrected chi connectivity index (χ3v) is 3.63. The quantitative estimate of drug-likeness (QED) is 0.324. The van der Waals surface area contributed by atoms with Gasteiger partial charge in [0.1, 0.15) is 0 Å². The molecule has 1 heterocycles. The Labute approximate surface area is 156 Å². The average Bonchev–Trinajstić information content (AvgIpc) is 3.02. The summed E-state index contributed by atoms with van der Waals surface area (Å²) in [6, 6.07) is 9.61. The Morgan fingerprint density at radius 1 is 1.21 bits per heavy atom. The summed E-state index contributed by atoms with van der Waals surface area (Å²) in [4.78, 5) is 26.4. The number of benzene rings is 2. The van der Waals surface area contributed by atoms with Crippen LogP contribution in [0.2, 0.25) is 0 Å². The van der Waals surface area contributed by atoms with Crippen LogP contribution in [-0.2, 0) is 9.53 Å². The number of alkyl halides is 2. The summed E-state index contributed by atoms with van der Waals surface area (Å²) in [7, 11) is 1.30. The monoisotopic (exact) mass is 390 g/mol. The van der Waals surface area contributed by atoms with E-state index in [2.05, 4.69) is 9.73 Å². The van der Waals surface area contributed by atoms with Crippen LogP contribution in [0.25, 0.3) is 6.08 Å². The lowest BCUT2D eigenvalue weighted by atomic mass is 10.1. The lowest BCUT2D eigenvalue weighted by molar-refractivity contribution is -0.384. The molecule has 0 saturated heterocycles. The molecule has 2 aromatic carbocycles. The third-order valence-electron chi connectivity index (χ3n) is 3.63. The van der Waals surface area contributed by atoms with Crippen molar-refractivity contribution < 1.29 is 32.7 Å². The van der Waals surface area contributed by atoms with E-state index in [-0.39, 0.29) is 34.3 Å². The Morgan fingerprint density at radius 3 is 2.68 bits per heavy atom. The van der Waals surface area contributed by atoms with Crippen LogP contribution >= 0.6 is 0 Å². The van der Waals surface area contributed by atoms with E-state index in [1.54, 1.807) is 0 Å². The highest BCUT2D eigenvalue weighted by Crippen LogP contribution is 2.31. The van der Waals surface area contributed by atoms with Crippen LogP contribution in [0.5, 0.6) is 11.5 Å². The van der Waals surface area contributed by atoms with Gasteiger partial charge in [-0.05, 0) is 29.8 Å². The predicted octanol–water partition coefficient (Wildman–Crippen LogP) is 3.55. The molecule has 0 aliphatic carbocycles. The number of esters is 1. The van der Waals surface area contributed by atoms with Crippen molar-refractivity contribution in [3.63, 3.8) is 0 Å².